The number of aliphatic imine (C=N–C) groups is 1. The standard InChI is InChI=1S/C35H39ClF3N9O5/c1-5-26(40-3)30(46-11-12-47(19-46)33(51)29-31(50)20(2)42-18-43-29)34(52)48(16-28(49)44-27-9-8-24(15-25(27)36)35(37,38)39)45-32(41-4)22-6-7-23-17-53-13-10-21(23)14-22/h6-9,14-15,18,32,40,45,50H,4-5,10-13,16-17,19H2,1-3H3,(H,44,49)/b30-26+. The van der Waals surface area contributed by atoms with Crippen LogP contribution >= 0.6 is 11.6 Å². The molecule has 1 fully saturated rings. The molecule has 2 aliphatic heterocycles. The number of halogens is 4. The number of benzene rings is 2. The Morgan fingerprint density at radius 1 is 1.13 bits per heavy atom. The van der Waals surface area contributed by atoms with Crippen LogP contribution in [-0.2, 0) is 33.5 Å². The molecule has 14 nitrogen and oxygen atoms in total. The number of nitrogens with one attached hydrogen (secondary N) is 3. The van der Waals surface area contributed by atoms with Crippen molar-refractivity contribution in [2.45, 2.75) is 45.6 Å². The molecule has 53 heavy (non-hydrogen) atoms. The lowest BCUT2D eigenvalue weighted by Crippen LogP contribution is -2.51. The van der Waals surface area contributed by atoms with Crippen LogP contribution in [0.1, 0.15) is 57.9 Å². The molecule has 4 N–H and O–H groups in total. The van der Waals surface area contributed by atoms with E-state index in [1.54, 1.807) is 18.0 Å². The number of allylic oxidation sites excluding steroid dienone is 1. The lowest BCUT2D eigenvalue weighted by atomic mass is 9.99. The third-order valence-electron chi connectivity index (χ3n) is 8.83. The first-order valence-electron chi connectivity index (χ1n) is 16.6. The molecule has 2 aliphatic rings. The molecule has 3 amide bonds. The van der Waals surface area contributed by atoms with Crippen LogP contribution in [0.5, 0.6) is 5.75 Å². The second-order valence-electron chi connectivity index (χ2n) is 12.2. The molecule has 0 spiro atoms. The molecular formula is C35H39ClF3N9O5. The van der Waals surface area contributed by atoms with Crippen molar-refractivity contribution in [1.29, 1.82) is 0 Å². The van der Waals surface area contributed by atoms with Crippen molar-refractivity contribution in [2.24, 2.45) is 4.99 Å². The van der Waals surface area contributed by atoms with Gasteiger partial charge in [-0.05, 0) is 61.4 Å². The summed E-state index contributed by atoms with van der Waals surface area (Å²) in [4.78, 5) is 56.8. The Kier molecular flexibility index (Phi) is 12.2. The monoisotopic (exact) mass is 757 g/mol. The molecule has 0 bridgehead atoms. The first-order chi connectivity index (χ1) is 25.2. The predicted molar refractivity (Wildman–Crippen MR) is 189 cm³/mol. The summed E-state index contributed by atoms with van der Waals surface area (Å²) in [6.07, 6.45) is -3.38. The first-order valence-corrected chi connectivity index (χ1v) is 17.0. The number of alkyl halides is 3. The summed E-state index contributed by atoms with van der Waals surface area (Å²) in [5, 5.41) is 16.7. The van der Waals surface area contributed by atoms with Gasteiger partial charge < -0.3 is 30.3 Å². The highest BCUT2D eigenvalue weighted by Crippen LogP contribution is 2.34. The molecule has 0 radical (unpaired) electrons. The van der Waals surface area contributed by atoms with Crippen LogP contribution in [0.2, 0.25) is 5.02 Å². The van der Waals surface area contributed by atoms with Crippen LogP contribution in [0, 0.1) is 6.92 Å². The van der Waals surface area contributed by atoms with E-state index in [4.69, 9.17) is 16.3 Å². The maximum absolute atomic E-state index is 14.7. The highest BCUT2D eigenvalue weighted by Gasteiger charge is 2.36. The summed E-state index contributed by atoms with van der Waals surface area (Å²) in [5.41, 5.74) is 5.30. The van der Waals surface area contributed by atoms with Crippen LogP contribution in [-0.4, -0.2) is 94.3 Å². The van der Waals surface area contributed by atoms with E-state index in [2.05, 4.69) is 37.7 Å². The highest BCUT2D eigenvalue weighted by atomic mass is 35.5. The number of amides is 3. The molecular weight excluding hydrogens is 719 g/mol. The van der Waals surface area contributed by atoms with E-state index in [-0.39, 0.29) is 53.3 Å². The summed E-state index contributed by atoms with van der Waals surface area (Å²) in [5.74, 6) is -2.38. The molecule has 282 valence electrons. The minimum atomic E-state index is -4.65. The summed E-state index contributed by atoms with van der Waals surface area (Å²) < 4.78 is 45.3. The largest absolute Gasteiger partial charge is 0.504 e. The molecule has 3 aromatic rings. The summed E-state index contributed by atoms with van der Waals surface area (Å²) in [6, 6.07) is 8.13. The summed E-state index contributed by atoms with van der Waals surface area (Å²) in [7, 11) is 1.63. The number of anilines is 1. The van der Waals surface area contributed by atoms with Crippen molar-refractivity contribution < 1.29 is 37.4 Å². The number of fused-ring (bicyclic) bond motifs is 1. The average Bonchev–Trinajstić information content (AvgIpc) is 3.62. The minimum Gasteiger partial charge on any atom is -0.504 e. The number of ether oxygens (including phenoxy) is 1. The molecule has 0 saturated carbocycles. The van der Waals surface area contributed by atoms with E-state index in [9.17, 15) is 32.7 Å². The molecule has 2 aromatic carbocycles. The van der Waals surface area contributed by atoms with Gasteiger partial charge in [-0.15, -0.1) is 0 Å². The predicted octanol–water partition coefficient (Wildman–Crippen LogP) is 4.16. The number of hydrogen-bond donors (Lipinski definition) is 4. The van der Waals surface area contributed by atoms with Crippen molar-refractivity contribution in [2.75, 3.05) is 45.3 Å². The number of hydrogen-bond acceptors (Lipinski definition) is 11. The lowest BCUT2D eigenvalue weighted by molar-refractivity contribution is -0.137. The molecule has 5 rings (SSSR count). The first kappa shape index (κ1) is 39.0. The third-order valence-corrected chi connectivity index (χ3v) is 9.15. The Morgan fingerprint density at radius 3 is 2.57 bits per heavy atom. The fourth-order valence-electron chi connectivity index (χ4n) is 5.98. The second kappa shape index (κ2) is 16.6. The van der Waals surface area contributed by atoms with Crippen molar-refractivity contribution in [3.63, 3.8) is 0 Å². The topological polar surface area (TPSA) is 165 Å². The smallest absolute Gasteiger partial charge is 0.416 e. The van der Waals surface area contributed by atoms with Crippen molar-refractivity contribution in [3.05, 3.63) is 92.8 Å². The zero-order valence-corrected chi connectivity index (χ0v) is 30.0. The molecule has 18 heteroatoms. The number of carbonyl (C=O) groups is 3. The van der Waals surface area contributed by atoms with Crippen LogP contribution in [0.3, 0.4) is 0 Å². The van der Waals surface area contributed by atoms with Gasteiger partial charge in [-0.25, -0.2) is 15.4 Å². The van der Waals surface area contributed by atoms with Crippen LogP contribution in [0.15, 0.2) is 59.1 Å². The molecule has 0 aliphatic carbocycles. The number of aryl methyl sites for hydroxylation is 1. The number of aromatic nitrogens is 2. The van der Waals surface area contributed by atoms with E-state index in [0.29, 0.717) is 43.4 Å². The maximum Gasteiger partial charge on any atom is 0.416 e. The van der Waals surface area contributed by atoms with Crippen LogP contribution in [0.25, 0.3) is 0 Å². The van der Waals surface area contributed by atoms with Gasteiger partial charge in [0.2, 0.25) is 5.91 Å². The zero-order valence-electron chi connectivity index (χ0n) is 29.3. The van der Waals surface area contributed by atoms with Gasteiger partial charge in [0.1, 0.15) is 24.7 Å². The van der Waals surface area contributed by atoms with Gasteiger partial charge in [-0.1, -0.05) is 36.7 Å². The Labute approximate surface area is 308 Å². The molecule has 3 heterocycles. The molecule has 1 unspecified atom stereocenters. The molecule has 1 saturated heterocycles. The maximum atomic E-state index is 14.7. The summed E-state index contributed by atoms with van der Waals surface area (Å²) >= 11 is 6.12. The fraction of sp³-hybridized carbons (Fsp3) is 0.371. The Bertz CT molecular complexity index is 1920. The van der Waals surface area contributed by atoms with Crippen LogP contribution in [0.4, 0.5) is 18.9 Å². The number of rotatable bonds is 12. The van der Waals surface area contributed by atoms with E-state index < -0.39 is 42.2 Å². The van der Waals surface area contributed by atoms with Gasteiger partial charge in [0, 0.05) is 25.8 Å². The quantitative estimate of drug-likeness (QED) is 0.120. The third kappa shape index (κ3) is 8.86. The Balaban J connectivity index is 1.46. The van der Waals surface area contributed by atoms with E-state index in [1.165, 1.54) is 18.2 Å². The zero-order chi connectivity index (χ0) is 38.4. The number of nitrogens with zero attached hydrogens (tertiary/aromatic N) is 6. The van der Waals surface area contributed by atoms with Gasteiger partial charge in [0.25, 0.3) is 11.8 Å². The number of hydrazine groups is 1. The fourth-order valence-corrected chi connectivity index (χ4v) is 6.21. The normalized spacial score (nSPS) is 15.3. The van der Waals surface area contributed by atoms with E-state index in [0.717, 1.165) is 28.3 Å². The van der Waals surface area contributed by atoms with Gasteiger partial charge in [-0.2, -0.15) is 13.2 Å². The van der Waals surface area contributed by atoms with Crippen LogP contribution < -0.4 is 16.1 Å². The molecule has 1 aromatic heterocycles. The Morgan fingerprint density at radius 2 is 1.89 bits per heavy atom. The van der Waals surface area contributed by atoms with Crippen molar-refractivity contribution in [3.8, 4) is 5.75 Å². The minimum absolute atomic E-state index is 0.0647. The van der Waals surface area contributed by atoms with Gasteiger partial charge >= 0.3 is 6.18 Å². The van der Waals surface area contributed by atoms with Crippen molar-refractivity contribution >= 4 is 41.7 Å². The SMILES string of the molecule is C=NC(NN(CC(=O)Nc1ccc(C(F)(F)F)cc1Cl)C(=O)/C(=C(/CC)NC)N1CCN(C(=O)c2ncnc(C)c2O)C1)c1ccc2c(c1)CCOC2. The average molecular weight is 758 g/mol. The Hall–Kier alpha value is -5.26. The second-order valence-corrected chi connectivity index (χ2v) is 12.6. The lowest BCUT2D eigenvalue weighted by Gasteiger charge is -2.32. The van der Waals surface area contributed by atoms with Crippen molar-refractivity contribution in [1.82, 2.24) is 35.5 Å². The van der Waals surface area contributed by atoms with Gasteiger partial charge in [0.05, 0.1) is 41.8 Å². The summed E-state index contributed by atoms with van der Waals surface area (Å²) in [6.45, 7) is 7.74. The number of carbonyl (C=O) groups excluding carboxylic acids is 3. The van der Waals surface area contributed by atoms with Gasteiger partial charge in [0.15, 0.2) is 11.4 Å². The van der Waals surface area contributed by atoms with Gasteiger partial charge in [-0.3, -0.25) is 24.4 Å². The number of aromatic hydroxyl groups is 1. The van der Waals surface area contributed by atoms with E-state index in [1.807, 2.05) is 19.1 Å². The molecule has 1 atom stereocenters. The van der Waals surface area contributed by atoms with E-state index >= 15 is 0 Å². The highest BCUT2D eigenvalue weighted by molar-refractivity contribution is 6.33.